The number of methoxy groups -OCH3 is 1. The SMILES string of the molecule is COc1ccc(N2CCN(CCNC(=O)c3cnc4c(S)cccc4c3)CC2)cc1. The molecule has 1 N–H and O–H groups in total. The number of ether oxygens (including phenoxy) is 1. The molecule has 0 atom stereocenters. The fourth-order valence-corrected chi connectivity index (χ4v) is 3.99. The van der Waals surface area contributed by atoms with Crippen molar-refractivity contribution in [3.63, 3.8) is 0 Å². The first-order valence-electron chi connectivity index (χ1n) is 10.1. The average molecular weight is 423 g/mol. The highest BCUT2D eigenvalue weighted by Crippen LogP contribution is 2.21. The Bertz CT molecular complexity index is 1020. The number of hydrogen-bond acceptors (Lipinski definition) is 6. The fourth-order valence-electron chi connectivity index (χ4n) is 3.72. The van der Waals surface area contributed by atoms with Crippen LogP contribution >= 0.6 is 12.6 Å². The third-order valence-electron chi connectivity index (χ3n) is 5.48. The van der Waals surface area contributed by atoms with Gasteiger partial charge in [0.05, 0.1) is 18.2 Å². The summed E-state index contributed by atoms with van der Waals surface area (Å²) in [6.45, 7) is 5.35. The highest BCUT2D eigenvalue weighted by Gasteiger charge is 2.17. The molecule has 4 rings (SSSR count). The van der Waals surface area contributed by atoms with Crippen LogP contribution in [-0.4, -0.2) is 62.2 Å². The number of amides is 1. The lowest BCUT2D eigenvalue weighted by Gasteiger charge is -2.36. The number of rotatable bonds is 6. The molecule has 0 radical (unpaired) electrons. The second kappa shape index (κ2) is 9.36. The van der Waals surface area contributed by atoms with Crippen LogP contribution in [0.15, 0.2) is 59.6 Å². The first-order chi connectivity index (χ1) is 14.6. The van der Waals surface area contributed by atoms with Gasteiger partial charge in [0, 0.05) is 61.4 Å². The molecule has 0 spiro atoms. The predicted octanol–water partition coefficient (Wildman–Crippen LogP) is 3.08. The summed E-state index contributed by atoms with van der Waals surface area (Å²) in [7, 11) is 1.68. The summed E-state index contributed by atoms with van der Waals surface area (Å²) in [6, 6.07) is 15.8. The Morgan fingerprint density at radius 2 is 1.90 bits per heavy atom. The van der Waals surface area contributed by atoms with E-state index in [1.54, 1.807) is 13.3 Å². The molecule has 1 fully saturated rings. The van der Waals surface area contributed by atoms with Gasteiger partial charge in [-0.2, -0.15) is 0 Å². The normalized spacial score (nSPS) is 14.7. The zero-order valence-electron chi connectivity index (χ0n) is 17.0. The lowest BCUT2D eigenvalue weighted by molar-refractivity contribution is 0.0947. The number of carbonyl (C=O) groups is 1. The van der Waals surface area contributed by atoms with Crippen LogP contribution in [-0.2, 0) is 0 Å². The predicted molar refractivity (Wildman–Crippen MR) is 123 cm³/mol. The minimum atomic E-state index is -0.0918. The van der Waals surface area contributed by atoms with E-state index in [2.05, 4.69) is 44.9 Å². The van der Waals surface area contributed by atoms with Crippen molar-refractivity contribution in [2.24, 2.45) is 0 Å². The first kappa shape index (κ1) is 20.5. The standard InChI is InChI=1S/C23H26N4O2S/c1-29-20-7-5-19(6-8-20)27-13-11-26(12-14-27)10-9-24-23(28)18-15-17-3-2-4-21(30)22(17)25-16-18/h2-8,15-16,30H,9-14H2,1H3,(H,24,28). The molecule has 0 bridgehead atoms. The summed E-state index contributed by atoms with van der Waals surface area (Å²) >= 11 is 4.41. The minimum absolute atomic E-state index is 0.0918. The van der Waals surface area contributed by atoms with E-state index in [1.165, 1.54) is 5.69 Å². The number of aromatic nitrogens is 1. The third-order valence-corrected chi connectivity index (χ3v) is 5.84. The average Bonchev–Trinajstić information content (AvgIpc) is 2.79. The van der Waals surface area contributed by atoms with Crippen molar-refractivity contribution in [3.05, 3.63) is 60.3 Å². The van der Waals surface area contributed by atoms with Crippen LogP contribution in [0.1, 0.15) is 10.4 Å². The molecule has 3 aromatic rings. The monoisotopic (exact) mass is 422 g/mol. The second-order valence-corrected chi connectivity index (χ2v) is 7.84. The number of piperazine rings is 1. The molecule has 2 aromatic carbocycles. The van der Waals surface area contributed by atoms with Crippen molar-refractivity contribution in [1.29, 1.82) is 0 Å². The first-order valence-corrected chi connectivity index (χ1v) is 10.6. The van der Waals surface area contributed by atoms with E-state index >= 15 is 0 Å². The van der Waals surface area contributed by atoms with Crippen LogP contribution in [0.5, 0.6) is 5.75 Å². The van der Waals surface area contributed by atoms with Crippen LogP contribution in [0.25, 0.3) is 10.9 Å². The molecular weight excluding hydrogens is 396 g/mol. The molecule has 6 nitrogen and oxygen atoms in total. The number of anilines is 1. The van der Waals surface area contributed by atoms with Crippen LogP contribution in [0, 0.1) is 0 Å². The number of thiol groups is 1. The molecule has 0 unspecified atom stereocenters. The number of fused-ring (bicyclic) bond motifs is 1. The highest BCUT2D eigenvalue weighted by atomic mass is 32.1. The maximum absolute atomic E-state index is 12.5. The van der Waals surface area contributed by atoms with E-state index in [4.69, 9.17) is 4.74 Å². The Morgan fingerprint density at radius 3 is 2.63 bits per heavy atom. The molecule has 0 saturated carbocycles. The molecular formula is C23H26N4O2S. The Hall–Kier alpha value is -2.77. The third kappa shape index (κ3) is 4.68. The smallest absolute Gasteiger partial charge is 0.252 e. The van der Waals surface area contributed by atoms with Crippen molar-refractivity contribution in [1.82, 2.24) is 15.2 Å². The topological polar surface area (TPSA) is 57.7 Å². The van der Waals surface area contributed by atoms with Gasteiger partial charge >= 0.3 is 0 Å². The van der Waals surface area contributed by atoms with Gasteiger partial charge in [-0.25, -0.2) is 0 Å². The molecule has 1 saturated heterocycles. The molecule has 1 aliphatic rings. The second-order valence-electron chi connectivity index (χ2n) is 7.36. The summed E-state index contributed by atoms with van der Waals surface area (Å²) in [6.07, 6.45) is 1.62. The Morgan fingerprint density at radius 1 is 1.13 bits per heavy atom. The number of nitrogens with zero attached hydrogens (tertiary/aromatic N) is 3. The van der Waals surface area contributed by atoms with Crippen molar-refractivity contribution in [2.75, 3.05) is 51.3 Å². The summed E-state index contributed by atoms with van der Waals surface area (Å²) < 4.78 is 5.23. The molecule has 1 aliphatic heterocycles. The number of hydrogen-bond donors (Lipinski definition) is 2. The van der Waals surface area contributed by atoms with Crippen molar-refractivity contribution in [2.45, 2.75) is 4.90 Å². The maximum Gasteiger partial charge on any atom is 0.252 e. The van der Waals surface area contributed by atoms with Gasteiger partial charge in [-0.15, -0.1) is 12.6 Å². The summed E-state index contributed by atoms with van der Waals surface area (Å²) in [4.78, 5) is 22.5. The lowest BCUT2D eigenvalue weighted by atomic mass is 10.1. The number of benzene rings is 2. The van der Waals surface area contributed by atoms with Gasteiger partial charge in [0.1, 0.15) is 5.75 Å². The van der Waals surface area contributed by atoms with Crippen LogP contribution in [0.4, 0.5) is 5.69 Å². The molecule has 156 valence electrons. The van der Waals surface area contributed by atoms with Gasteiger partial charge in [0.2, 0.25) is 0 Å². The minimum Gasteiger partial charge on any atom is -0.497 e. The van der Waals surface area contributed by atoms with Crippen molar-refractivity contribution >= 4 is 35.1 Å². The summed E-state index contributed by atoms with van der Waals surface area (Å²) in [5, 5.41) is 3.94. The van der Waals surface area contributed by atoms with Gasteiger partial charge in [-0.05, 0) is 36.4 Å². The molecule has 2 heterocycles. The molecule has 0 aliphatic carbocycles. The van der Waals surface area contributed by atoms with E-state index in [1.807, 2.05) is 36.4 Å². The van der Waals surface area contributed by atoms with Crippen LogP contribution in [0.3, 0.4) is 0 Å². The quantitative estimate of drug-likeness (QED) is 0.598. The lowest BCUT2D eigenvalue weighted by Crippen LogP contribution is -2.48. The molecule has 1 aromatic heterocycles. The van der Waals surface area contributed by atoms with E-state index in [0.29, 0.717) is 12.1 Å². The Balaban J connectivity index is 1.24. The zero-order chi connectivity index (χ0) is 20.9. The molecule has 7 heteroatoms. The van der Waals surface area contributed by atoms with E-state index in [9.17, 15) is 4.79 Å². The number of pyridine rings is 1. The van der Waals surface area contributed by atoms with Gasteiger partial charge in [-0.3, -0.25) is 14.7 Å². The molecule has 1 amide bonds. The Kier molecular flexibility index (Phi) is 6.40. The van der Waals surface area contributed by atoms with Crippen LogP contribution in [0.2, 0.25) is 0 Å². The van der Waals surface area contributed by atoms with Gasteiger partial charge in [0.25, 0.3) is 5.91 Å². The molecule has 30 heavy (non-hydrogen) atoms. The highest BCUT2D eigenvalue weighted by molar-refractivity contribution is 7.80. The van der Waals surface area contributed by atoms with E-state index in [0.717, 1.165) is 54.3 Å². The maximum atomic E-state index is 12.5. The zero-order valence-corrected chi connectivity index (χ0v) is 17.9. The van der Waals surface area contributed by atoms with Gasteiger partial charge in [-0.1, -0.05) is 12.1 Å². The van der Waals surface area contributed by atoms with Gasteiger partial charge < -0.3 is 15.0 Å². The van der Waals surface area contributed by atoms with Crippen molar-refractivity contribution in [3.8, 4) is 5.75 Å². The van der Waals surface area contributed by atoms with Crippen LogP contribution < -0.4 is 15.0 Å². The Labute approximate surface area is 182 Å². The van der Waals surface area contributed by atoms with E-state index in [-0.39, 0.29) is 5.91 Å². The van der Waals surface area contributed by atoms with Gasteiger partial charge in [0.15, 0.2) is 0 Å². The largest absolute Gasteiger partial charge is 0.497 e. The fraction of sp³-hybridized carbons (Fsp3) is 0.304. The number of para-hydroxylation sites is 1. The number of carbonyl (C=O) groups excluding carboxylic acids is 1. The summed E-state index contributed by atoms with van der Waals surface area (Å²) in [5.74, 6) is 0.784. The number of nitrogens with one attached hydrogen (secondary N) is 1. The van der Waals surface area contributed by atoms with Crippen molar-refractivity contribution < 1.29 is 9.53 Å². The van der Waals surface area contributed by atoms with E-state index < -0.39 is 0 Å². The summed E-state index contributed by atoms with van der Waals surface area (Å²) in [5.41, 5.74) is 2.61.